The first kappa shape index (κ1) is 21.8. The van der Waals surface area contributed by atoms with Crippen LogP contribution in [0.1, 0.15) is 26.3 Å². The van der Waals surface area contributed by atoms with E-state index in [0.717, 1.165) is 6.08 Å². The zero-order chi connectivity index (χ0) is 20.0. The number of ether oxygens (including phenoxy) is 1. The van der Waals surface area contributed by atoms with E-state index < -0.39 is 33.5 Å². The number of hydroxylamine groups is 1. The summed E-state index contributed by atoms with van der Waals surface area (Å²) in [6.45, 7) is 4.82. The van der Waals surface area contributed by atoms with Crippen LogP contribution in [-0.2, 0) is 24.3 Å². The lowest BCUT2D eigenvalue weighted by atomic mass is 10.2. The van der Waals surface area contributed by atoms with Gasteiger partial charge in [0, 0.05) is 6.08 Å². The molecule has 0 saturated carbocycles. The van der Waals surface area contributed by atoms with Crippen molar-refractivity contribution in [2.24, 2.45) is 0 Å². The Kier molecular flexibility index (Phi) is 7.45. The number of nitrogens with one attached hydrogen (secondary N) is 2. The predicted octanol–water partition coefficient (Wildman–Crippen LogP) is 0.752. The second-order valence-electron chi connectivity index (χ2n) is 6.32. The molecule has 10 heteroatoms. The summed E-state index contributed by atoms with van der Waals surface area (Å²) >= 11 is 0. The van der Waals surface area contributed by atoms with Gasteiger partial charge in [-0.25, -0.2) is 13.9 Å². The zero-order valence-corrected chi connectivity index (χ0v) is 15.4. The lowest BCUT2D eigenvalue weighted by Crippen LogP contribution is -2.45. The highest BCUT2D eigenvalue weighted by molar-refractivity contribution is 7.89. The molecule has 4 N–H and O–H groups in total. The number of benzene rings is 1. The number of aliphatic carboxylic acids is 1. The third kappa shape index (κ3) is 7.31. The Labute approximate surface area is 151 Å². The number of carboxylic acids is 1. The number of rotatable bonds is 8. The minimum Gasteiger partial charge on any atom is -0.480 e. The maximum Gasteiger partial charge on any atom is 0.324 e. The van der Waals surface area contributed by atoms with Gasteiger partial charge in [0.15, 0.2) is 0 Å². The highest BCUT2D eigenvalue weighted by Crippen LogP contribution is 2.14. The minimum atomic E-state index is -4.13. The number of hydrogen-bond donors (Lipinski definition) is 4. The van der Waals surface area contributed by atoms with Crippen molar-refractivity contribution in [3.8, 4) is 0 Å². The summed E-state index contributed by atoms with van der Waals surface area (Å²) in [5.74, 6) is -2.14. The molecular weight excluding hydrogens is 364 g/mol. The Bertz CT molecular complexity index is 782. The number of sulfonamides is 1. The molecule has 1 amide bonds. The molecule has 0 aliphatic rings. The van der Waals surface area contributed by atoms with Crippen molar-refractivity contribution in [2.45, 2.75) is 37.3 Å². The molecule has 1 aromatic rings. The number of carboxylic acid groups (broad SMARTS) is 1. The largest absolute Gasteiger partial charge is 0.480 e. The minimum absolute atomic E-state index is 0.175. The van der Waals surface area contributed by atoms with Crippen LogP contribution in [0.15, 0.2) is 35.2 Å². The molecule has 0 saturated heterocycles. The quantitative estimate of drug-likeness (QED) is 0.293. The molecule has 144 valence electrons. The molecule has 0 radical (unpaired) electrons. The SMILES string of the molecule is CC(C)(C)OC[C@H](NS(=O)(=O)c1cccc(/C=C/C(=O)NO)c1)C(=O)O. The van der Waals surface area contributed by atoms with Crippen molar-refractivity contribution in [2.75, 3.05) is 6.61 Å². The Morgan fingerprint density at radius 3 is 2.50 bits per heavy atom. The first-order chi connectivity index (χ1) is 11.9. The fourth-order valence-corrected chi connectivity index (χ4v) is 2.97. The summed E-state index contributed by atoms with van der Waals surface area (Å²) in [5.41, 5.74) is 1.15. The van der Waals surface area contributed by atoms with E-state index in [1.165, 1.54) is 35.8 Å². The van der Waals surface area contributed by atoms with E-state index >= 15 is 0 Å². The highest BCUT2D eigenvalue weighted by Gasteiger charge is 2.27. The number of hydrogen-bond acceptors (Lipinski definition) is 6. The van der Waals surface area contributed by atoms with Gasteiger partial charge in [-0.3, -0.25) is 14.8 Å². The topological polar surface area (TPSA) is 142 Å². The van der Waals surface area contributed by atoms with Crippen LogP contribution < -0.4 is 10.2 Å². The average Bonchev–Trinajstić information content (AvgIpc) is 2.55. The lowest BCUT2D eigenvalue weighted by molar-refractivity contribution is -0.142. The van der Waals surface area contributed by atoms with Crippen molar-refractivity contribution in [1.82, 2.24) is 10.2 Å². The standard InChI is InChI=1S/C16H22N2O7S/c1-16(2,3)25-10-13(15(20)21)18-26(23,24)12-6-4-5-11(9-12)7-8-14(19)17-22/h4-9,13,18,22H,10H2,1-3H3,(H,17,19)(H,20,21)/b8-7+/t13-/m0/s1. The van der Waals surface area contributed by atoms with Gasteiger partial charge in [-0.15, -0.1) is 0 Å². The summed E-state index contributed by atoms with van der Waals surface area (Å²) in [7, 11) is -4.13. The molecule has 9 nitrogen and oxygen atoms in total. The average molecular weight is 386 g/mol. The van der Waals surface area contributed by atoms with E-state index in [1.807, 2.05) is 0 Å². The van der Waals surface area contributed by atoms with E-state index in [4.69, 9.17) is 9.94 Å². The molecule has 0 fully saturated rings. The molecule has 0 aliphatic carbocycles. The van der Waals surface area contributed by atoms with Crippen molar-refractivity contribution >= 4 is 28.0 Å². The highest BCUT2D eigenvalue weighted by atomic mass is 32.2. The zero-order valence-electron chi connectivity index (χ0n) is 14.6. The van der Waals surface area contributed by atoms with Crippen molar-refractivity contribution in [1.29, 1.82) is 0 Å². The number of carbonyl (C=O) groups excluding carboxylic acids is 1. The summed E-state index contributed by atoms with van der Waals surface area (Å²) < 4.78 is 32.3. The molecule has 1 aromatic carbocycles. The Morgan fingerprint density at radius 2 is 1.96 bits per heavy atom. The molecule has 0 spiro atoms. The molecule has 1 rings (SSSR count). The lowest BCUT2D eigenvalue weighted by Gasteiger charge is -2.23. The van der Waals surface area contributed by atoms with Gasteiger partial charge in [-0.1, -0.05) is 12.1 Å². The van der Waals surface area contributed by atoms with Crippen LogP contribution in [0.3, 0.4) is 0 Å². The summed E-state index contributed by atoms with van der Waals surface area (Å²) in [4.78, 5) is 22.1. The molecule has 1 atom stereocenters. The van der Waals surface area contributed by atoms with Crippen LogP contribution in [0.2, 0.25) is 0 Å². The molecular formula is C16H22N2O7S. The number of carbonyl (C=O) groups is 2. The maximum atomic E-state index is 12.4. The maximum absolute atomic E-state index is 12.4. The molecule has 26 heavy (non-hydrogen) atoms. The van der Waals surface area contributed by atoms with E-state index in [-0.39, 0.29) is 11.5 Å². The number of amides is 1. The van der Waals surface area contributed by atoms with Gasteiger partial charge in [-0.2, -0.15) is 4.72 Å². The first-order valence-electron chi connectivity index (χ1n) is 7.56. The van der Waals surface area contributed by atoms with E-state index in [1.54, 1.807) is 20.8 Å². The third-order valence-corrected chi connectivity index (χ3v) is 4.45. The van der Waals surface area contributed by atoms with Gasteiger partial charge in [-0.05, 0) is 44.5 Å². The summed E-state index contributed by atoms with van der Waals surface area (Å²) in [6, 6.07) is 4.06. The smallest absolute Gasteiger partial charge is 0.324 e. The van der Waals surface area contributed by atoms with Crippen molar-refractivity contribution in [3.05, 3.63) is 35.9 Å². The van der Waals surface area contributed by atoms with Gasteiger partial charge >= 0.3 is 5.97 Å². The second-order valence-corrected chi connectivity index (χ2v) is 8.03. The monoisotopic (exact) mass is 386 g/mol. The van der Waals surface area contributed by atoms with Gasteiger partial charge in [0.2, 0.25) is 10.0 Å². The van der Waals surface area contributed by atoms with Gasteiger partial charge in [0.05, 0.1) is 17.1 Å². The van der Waals surface area contributed by atoms with Crippen LogP contribution in [-0.4, -0.2) is 48.9 Å². The normalized spacial score (nSPS) is 13.5. The molecule has 0 aromatic heterocycles. The van der Waals surface area contributed by atoms with Crippen LogP contribution in [0.4, 0.5) is 0 Å². The molecule has 0 unspecified atom stereocenters. The van der Waals surface area contributed by atoms with Crippen molar-refractivity contribution < 1.29 is 33.1 Å². The van der Waals surface area contributed by atoms with Gasteiger partial charge < -0.3 is 9.84 Å². The molecule has 0 aliphatic heterocycles. The second kappa shape index (κ2) is 8.90. The van der Waals surface area contributed by atoms with Crippen LogP contribution in [0, 0.1) is 0 Å². The summed E-state index contributed by atoms with van der Waals surface area (Å²) in [5, 5.41) is 17.7. The van der Waals surface area contributed by atoms with E-state index in [9.17, 15) is 23.1 Å². The fraction of sp³-hybridized carbons (Fsp3) is 0.375. The van der Waals surface area contributed by atoms with Gasteiger partial charge in [0.1, 0.15) is 6.04 Å². The Morgan fingerprint density at radius 1 is 1.31 bits per heavy atom. The van der Waals surface area contributed by atoms with E-state index in [0.29, 0.717) is 5.56 Å². The molecule has 0 bridgehead atoms. The van der Waals surface area contributed by atoms with E-state index in [2.05, 4.69) is 4.72 Å². The Hall–Kier alpha value is -2.27. The van der Waals surface area contributed by atoms with Crippen molar-refractivity contribution in [3.63, 3.8) is 0 Å². The third-order valence-electron chi connectivity index (χ3n) is 2.98. The van der Waals surface area contributed by atoms with Crippen LogP contribution in [0.25, 0.3) is 6.08 Å². The fourth-order valence-electron chi connectivity index (χ4n) is 1.74. The predicted molar refractivity (Wildman–Crippen MR) is 92.9 cm³/mol. The molecule has 0 heterocycles. The van der Waals surface area contributed by atoms with Crippen LogP contribution >= 0.6 is 0 Å². The van der Waals surface area contributed by atoms with Crippen LogP contribution in [0.5, 0.6) is 0 Å². The van der Waals surface area contributed by atoms with Gasteiger partial charge in [0.25, 0.3) is 5.91 Å². The first-order valence-corrected chi connectivity index (χ1v) is 9.04. The summed E-state index contributed by atoms with van der Waals surface area (Å²) in [6.07, 6.45) is 2.30. The Balaban J connectivity index is 2.99.